The normalized spacial score (nSPS) is 13.5. The highest BCUT2D eigenvalue weighted by Crippen LogP contribution is 2.33. The maximum absolute atomic E-state index is 13.3. The molecule has 0 aliphatic carbocycles. The lowest BCUT2D eigenvalue weighted by molar-refractivity contribution is -0.120. The lowest BCUT2D eigenvalue weighted by Crippen LogP contribution is -2.33. The summed E-state index contributed by atoms with van der Waals surface area (Å²) >= 11 is 12.4. The standard InChI is InChI=1S/C27H23Cl2N3O3/c1-4-31(21-10-5-7-16(2)13-21)25(33)18-8-6-9-20(14-18)30-24-23(29)26(34)32(27(24)35)22-15-19(28)12-11-17(22)3/h5-15,30H,4H2,1-3H3. The first-order valence-corrected chi connectivity index (χ1v) is 11.8. The van der Waals surface area contributed by atoms with E-state index in [-0.39, 0.29) is 16.6 Å². The van der Waals surface area contributed by atoms with Gasteiger partial charge >= 0.3 is 0 Å². The van der Waals surface area contributed by atoms with Crippen molar-refractivity contribution in [3.63, 3.8) is 0 Å². The molecule has 3 amide bonds. The Morgan fingerprint density at radius 3 is 2.40 bits per heavy atom. The highest BCUT2D eigenvalue weighted by atomic mass is 35.5. The van der Waals surface area contributed by atoms with Crippen LogP contribution >= 0.6 is 23.2 Å². The second kappa shape index (κ2) is 9.94. The molecular formula is C27H23Cl2N3O3. The number of carbonyl (C=O) groups excluding carboxylic acids is 3. The average Bonchev–Trinajstić information content (AvgIpc) is 3.04. The number of hydrogen-bond donors (Lipinski definition) is 1. The molecule has 35 heavy (non-hydrogen) atoms. The number of rotatable bonds is 6. The fourth-order valence-electron chi connectivity index (χ4n) is 3.92. The maximum atomic E-state index is 13.3. The Kier molecular flexibility index (Phi) is 6.96. The number of hydrogen-bond acceptors (Lipinski definition) is 4. The molecule has 178 valence electrons. The number of aryl methyl sites for hydroxylation is 2. The van der Waals surface area contributed by atoms with Crippen LogP contribution in [0.5, 0.6) is 0 Å². The van der Waals surface area contributed by atoms with Gasteiger partial charge in [-0.25, -0.2) is 4.90 Å². The number of nitrogens with one attached hydrogen (secondary N) is 1. The molecular weight excluding hydrogens is 485 g/mol. The highest BCUT2D eigenvalue weighted by Gasteiger charge is 2.39. The highest BCUT2D eigenvalue weighted by molar-refractivity contribution is 6.53. The number of imide groups is 1. The first-order valence-electron chi connectivity index (χ1n) is 11.0. The summed E-state index contributed by atoms with van der Waals surface area (Å²) in [7, 11) is 0. The molecule has 0 saturated carbocycles. The summed E-state index contributed by atoms with van der Waals surface area (Å²) < 4.78 is 0. The number of carbonyl (C=O) groups is 3. The lowest BCUT2D eigenvalue weighted by atomic mass is 10.1. The molecule has 4 rings (SSSR count). The van der Waals surface area contributed by atoms with Crippen LogP contribution in [0.1, 0.15) is 28.4 Å². The van der Waals surface area contributed by atoms with E-state index in [4.69, 9.17) is 23.2 Å². The predicted molar refractivity (Wildman–Crippen MR) is 140 cm³/mol. The minimum atomic E-state index is -0.645. The van der Waals surface area contributed by atoms with Crippen LogP contribution < -0.4 is 15.1 Å². The Morgan fingerprint density at radius 1 is 0.943 bits per heavy atom. The Bertz CT molecular complexity index is 1380. The van der Waals surface area contributed by atoms with Crippen LogP contribution in [0.3, 0.4) is 0 Å². The van der Waals surface area contributed by atoms with Crippen LogP contribution in [0.25, 0.3) is 0 Å². The van der Waals surface area contributed by atoms with Crippen LogP contribution in [0.2, 0.25) is 5.02 Å². The third-order valence-corrected chi connectivity index (χ3v) is 6.28. The number of amides is 3. The Hall–Kier alpha value is -3.61. The van der Waals surface area contributed by atoms with E-state index in [1.165, 1.54) is 0 Å². The second-order valence-electron chi connectivity index (χ2n) is 8.16. The number of nitrogens with zero attached hydrogens (tertiary/aromatic N) is 2. The summed E-state index contributed by atoms with van der Waals surface area (Å²) in [6.45, 7) is 6.13. The molecule has 1 aliphatic heterocycles. The van der Waals surface area contributed by atoms with Gasteiger partial charge in [0.25, 0.3) is 17.7 Å². The van der Waals surface area contributed by atoms with Crippen molar-refractivity contribution < 1.29 is 14.4 Å². The molecule has 0 fully saturated rings. The molecule has 1 aliphatic rings. The summed E-state index contributed by atoms with van der Waals surface area (Å²) in [4.78, 5) is 42.0. The Labute approximate surface area is 213 Å². The van der Waals surface area contributed by atoms with Gasteiger partial charge in [-0.05, 0) is 74.4 Å². The van der Waals surface area contributed by atoms with Crippen molar-refractivity contribution in [2.24, 2.45) is 0 Å². The first-order chi connectivity index (χ1) is 16.7. The minimum Gasteiger partial charge on any atom is -0.350 e. The molecule has 0 atom stereocenters. The molecule has 0 spiro atoms. The van der Waals surface area contributed by atoms with Crippen molar-refractivity contribution in [2.45, 2.75) is 20.8 Å². The van der Waals surface area contributed by atoms with Crippen molar-refractivity contribution in [3.05, 3.63) is 99.2 Å². The van der Waals surface area contributed by atoms with Gasteiger partial charge in [0.05, 0.1) is 5.69 Å². The molecule has 0 radical (unpaired) electrons. The van der Waals surface area contributed by atoms with E-state index in [1.54, 1.807) is 54.3 Å². The van der Waals surface area contributed by atoms with Gasteiger partial charge < -0.3 is 10.2 Å². The molecule has 6 nitrogen and oxygen atoms in total. The molecule has 3 aromatic rings. The molecule has 1 heterocycles. The number of halogens is 2. The van der Waals surface area contributed by atoms with Crippen LogP contribution in [-0.2, 0) is 9.59 Å². The summed E-state index contributed by atoms with van der Waals surface area (Å²) in [5.41, 5.74) is 3.73. The summed E-state index contributed by atoms with van der Waals surface area (Å²) in [6, 6.07) is 19.4. The zero-order chi connectivity index (χ0) is 25.3. The molecule has 0 unspecified atom stereocenters. The smallest absolute Gasteiger partial charge is 0.283 e. The fraction of sp³-hybridized carbons (Fsp3) is 0.148. The average molecular weight is 508 g/mol. The van der Waals surface area contributed by atoms with E-state index in [2.05, 4.69) is 5.32 Å². The molecule has 0 aromatic heterocycles. The molecule has 0 saturated heterocycles. The summed E-state index contributed by atoms with van der Waals surface area (Å²) in [5.74, 6) is -1.43. The topological polar surface area (TPSA) is 69.7 Å². The second-order valence-corrected chi connectivity index (χ2v) is 8.97. The van der Waals surface area contributed by atoms with Crippen molar-refractivity contribution in [1.29, 1.82) is 0 Å². The van der Waals surface area contributed by atoms with E-state index >= 15 is 0 Å². The van der Waals surface area contributed by atoms with Gasteiger partial charge in [-0.3, -0.25) is 14.4 Å². The predicted octanol–water partition coefficient (Wildman–Crippen LogP) is 6.06. The van der Waals surface area contributed by atoms with Crippen molar-refractivity contribution >= 4 is 58.0 Å². The largest absolute Gasteiger partial charge is 0.350 e. The maximum Gasteiger partial charge on any atom is 0.283 e. The lowest BCUT2D eigenvalue weighted by Gasteiger charge is -2.22. The van der Waals surface area contributed by atoms with Crippen LogP contribution in [0.4, 0.5) is 17.1 Å². The van der Waals surface area contributed by atoms with Crippen molar-refractivity contribution in [1.82, 2.24) is 0 Å². The molecule has 1 N–H and O–H groups in total. The number of anilines is 3. The van der Waals surface area contributed by atoms with E-state index < -0.39 is 11.8 Å². The monoisotopic (exact) mass is 507 g/mol. The Morgan fingerprint density at radius 2 is 1.69 bits per heavy atom. The van der Waals surface area contributed by atoms with Crippen LogP contribution in [0, 0.1) is 13.8 Å². The quantitative estimate of drug-likeness (QED) is 0.411. The van der Waals surface area contributed by atoms with Gasteiger partial charge in [-0.15, -0.1) is 0 Å². The zero-order valence-electron chi connectivity index (χ0n) is 19.4. The summed E-state index contributed by atoms with van der Waals surface area (Å²) in [5, 5.41) is 3.10. The fourth-order valence-corrected chi connectivity index (χ4v) is 4.30. The third kappa shape index (κ3) is 4.81. The van der Waals surface area contributed by atoms with E-state index in [1.807, 2.05) is 38.1 Å². The SMILES string of the molecule is CCN(C(=O)c1cccc(NC2=C(Cl)C(=O)N(c3cc(Cl)ccc3C)C2=O)c1)c1cccc(C)c1. The zero-order valence-corrected chi connectivity index (χ0v) is 20.9. The molecule has 0 bridgehead atoms. The molecule has 3 aromatic carbocycles. The van der Waals surface area contributed by atoms with Crippen molar-refractivity contribution in [3.8, 4) is 0 Å². The van der Waals surface area contributed by atoms with Crippen LogP contribution in [0.15, 0.2) is 77.5 Å². The van der Waals surface area contributed by atoms with Crippen LogP contribution in [-0.4, -0.2) is 24.3 Å². The van der Waals surface area contributed by atoms with Crippen molar-refractivity contribution in [2.75, 3.05) is 21.7 Å². The van der Waals surface area contributed by atoms with Gasteiger partial charge in [-0.1, -0.05) is 47.5 Å². The Balaban J connectivity index is 1.61. The number of benzene rings is 3. The third-order valence-electron chi connectivity index (χ3n) is 5.69. The van der Waals surface area contributed by atoms with Gasteiger partial charge in [0, 0.05) is 28.5 Å². The van der Waals surface area contributed by atoms with E-state index in [9.17, 15) is 14.4 Å². The first kappa shape index (κ1) is 24.5. The minimum absolute atomic E-state index is 0.0633. The van der Waals surface area contributed by atoms with Gasteiger partial charge in [0.15, 0.2) is 0 Å². The van der Waals surface area contributed by atoms with E-state index in [0.717, 1.165) is 16.2 Å². The van der Waals surface area contributed by atoms with E-state index in [0.29, 0.717) is 34.1 Å². The van der Waals surface area contributed by atoms with Gasteiger partial charge in [-0.2, -0.15) is 0 Å². The molecule has 8 heteroatoms. The summed E-state index contributed by atoms with van der Waals surface area (Å²) in [6.07, 6.45) is 0. The van der Waals surface area contributed by atoms with Gasteiger partial charge in [0.2, 0.25) is 0 Å². The van der Waals surface area contributed by atoms with Gasteiger partial charge in [0.1, 0.15) is 10.7 Å².